The SMILES string of the molecule is CCOc1cccc(CNC(=O)[C@H]2CCCN(S(=O)(=O)CCCc3ccccc3)C2)c1. The van der Waals surface area contributed by atoms with Gasteiger partial charge in [-0.05, 0) is 55.9 Å². The molecule has 1 amide bonds. The summed E-state index contributed by atoms with van der Waals surface area (Å²) in [5.74, 6) is 0.485. The molecule has 1 aliphatic heterocycles. The first kappa shape index (κ1) is 23.3. The van der Waals surface area contributed by atoms with Crippen molar-refractivity contribution in [1.82, 2.24) is 9.62 Å². The van der Waals surface area contributed by atoms with E-state index in [2.05, 4.69) is 5.32 Å². The van der Waals surface area contributed by atoms with Crippen LogP contribution in [0.15, 0.2) is 54.6 Å². The number of hydrogen-bond donors (Lipinski definition) is 1. The number of amides is 1. The van der Waals surface area contributed by atoms with Crippen LogP contribution in [0.5, 0.6) is 5.75 Å². The molecule has 0 spiro atoms. The maximum absolute atomic E-state index is 12.8. The monoisotopic (exact) mass is 444 g/mol. The van der Waals surface area contributed by atoms with Crippen LogP contribution in [0, 0.1) is 5.92 Å². The van der Waals surface area contributed by atoms with Crippen molar-refractivity contribution in [2.45, 2.75) is 39.2 Å². The van der Waals surface area contributed by atoms with E-state index < -0.39 is 10.0 Å². The van der Waals surface area contributed by atoms with Gasteiger partial charge >= 0.3 is 0 Å². The number of carbonyl (C=O) groups excluding carboxylic acids is 1. The van der Waals surface area contributed by atoms with Gasteiger partial charge in [0, 0.05) is 19.6 Å². The molecule has 1 heterocycles. The summed E-state index contributed by atoms with van der Waals surface area (Å²) in [6.45, 7) is 3.68. The quantitative estimate of drug-likeness (QED) is 0.610. The van der Waals surface area contributed by atoms with E-state index in [4.69, 9.17) is 4.74 Å². The number of sulfonamides is 1. The number of benzene rings is 2. The molecule has 1 saturated heterocycles. The molecule has 0 unspecified atom stereocenters. The van der Waals surface area contributed by atoms with E-state index >= 15 is 0 Å². The number of nitrogens with one attached hydrogen (secondary N) is 1. The van der Waals surface area contributed by atoms with E-state index in [-0.39, 0.29) is 24.1 Å². The third-order valence-corrected chi connectivity index (χ3v) is 7.46. The Morgan fingerprint density at radius 1 is 1.13 bits per heavy atom. The fourth-order valence-electron chi connectivity index (χ4n) is 3.89. The van der Waals surface area contributed by atoms with Gasteiger partial charge in [0.15, 0.2) is 0 Å². The summed E-state index contributed by atoms with van der Waals surface area (Å²) in [7, 11) is -3.36. The number of piperidine rings is 1. The first-order chi connectivity index (χ1) is 15.0. The fourth-order valence-corrected chi connectivity index (χ4v) is 5.47. The number of nitrogens with zero attached hydrogens (tertiary/aromatic N) is 1. The standard InChI is InChI=1S/C24H32N2O4S/c1-2-30-23-14-6-11-21(17-23)18-25-24(27)22-13-7-15-26(19-22)31(28,29)16-8-12-20-9-4-3-5-10-20/h3-6,9-11,14,17,22H,2,7-8,12-13,15-16,18-19H2,1H3,(H,25,27)/t22-/m0/s1. The molecular weight excluding hydrogens is 412 g/mol. The third-order valence-electron chi connectivity index (χ3n) is 5.54. The normalized spacial score (nSPS) is 17.3. The van der Waals surface area contributed by atoms with Gasteiger partial charge in [0.25, 0.3) is 0 Å². The smallest absolute Gasteiger partial charge is 0.224 e. The topological polar surface area (TPSA) is 75.7 Å². The Labute approximate surface area is 185 Å². The summed E-state index contributed by atoms with van der Waals surface area (Å²) in [6.07, 6.45) is 2.73. The third kappa shape index (κ3) is 7.08. The molecular formula is C24H32N2O4S. The summed E-state index contributed by atoms with van der Waals surface area (Å²) < 4.78 is 32.6. The van der Waals surface area contributed by atoms with Crippen molar-refractivity contribution >= 4 is 15.9 Å². The number of carbonyl (C=O) groups is 1. The van der Waals surface area contributed by atoms with E-state index in [0.29, 0.717) is 39.0 Å². The molecule has 0 bridgehead atoms. The Kier molecular flexibility index (Phi) is 8.49. The van der Waals surface area contributed by atoms with Crippen LogP contribution in [-0.4, -0.2) is 44.1 Å². The fraction of sp³-hybridized carbons (Fsp3) is 0.458. The van der Waals surface area contributed by atoms with Crippen molar-refractivity contribution in [3.8, 4) is 5.75 Å². The summed E-state index contributed by atoms with van der Waals surface area (Å²) in [4.78, 5) is 12.7. The van der Waals surface area contributed by atoms with E-state index in [1.165, 1.54) is 4.31 Å². The van der Waals surface area contributed by atoms with Crippen molar-refractivity contribution < 1.29 is 17.9 Å². The lowest BCUT2D eigenvalue weighted by atomic mass is 9.99. The van der Waals surface area contributed by atoms with Gasteiger partial charge in [0.05, 0.1) is 18.3 Å². The Morgan fingerprint density at radius 3 is 2.68 bits per heavy atom. The predicted octanol–water partition coefficient (Wildman–Crippen LogP) is 3.38. The van der Waals surface area contributed by atoms with Crippen LogP contribution >= 0.6 is 0 Å². The van der Waals surface area contributed by atoms with Gasteiger partial charge in [-0.15, -0.1) is 0 Å². The second kappa shape index (κ2) is 11.3. The van der Waals surface area contributed by atoms with Crippen molar-refractivity contribution in [1.29, 1.82) is 0 Å². The summed E-state index contributed by atoms with van der Waals surface area (Å²) >= 11 is 0. The lowest BCUT2D eigenvalue weighted by molar-refractivity contribution is -0.126. The molecule has 2 aromatic rings. The Balaban J connectivity index is 1.49. The molecule has 0 aromatic heterocycles. The largest absolute Gasteiger partial charge is 0.494 e. The van der Waals surface area contributed by atoms with E-state index in [1.54, 1.807) is 0 Å². The summed E-state index contributed by atoms with van der Waals surface area (Å²) in [5, 5.41) is 2.96. The highest BCUT2D eigenvalue weighted by molar-refractivity contribution is 7.89. The first-order valence-electron chi connectivity index (χ1n) is 11.0. The van der Waals surface area contributed by atoms with Crippen LogP contribution in [-0.2, 0) is 27.8 Å². The molecule has 1 aliphatic rings. The van der Waals surface area contributed by atoms with Crippen molar-refractivity contribution in [3.63, 3.8) is 0 Å². The molecule has 6 nitrogen and oxygen atoms in total. The molecule has 1 fully saturated rings. The molecule has 0 radical (unpaired) electrons. The molecule has 3 rings (SSSR count). The van der Waals surface area contributed by atoms with Gasteiger partial charge < -0.3 is 10.1 Å². The maximum atomic E-state index is 12.8. The zero-order valence-electron chi connectivity index (χ0n) is 18.1. The Hall–Kier alpha value is -2.38. The van der Waals surface area contributed by atoms with E-state index in [1.807, 2.05) is 61.5 Å². The highest BCUT2D eigenvalue weighted by Gasteiger charge is 2.31. The van der Waals surface area contributed by atoms with Gasteiger partial charge in [0.1, 0.15) is 5.75 Å². The molecule has 7 heteroatoms. The average Bonchev–Trinajstić information content (AvgIpc) is 2.79. The van der Waals surface area contributed by atoms with Gasteiger partial charge in [-0.1, -0.05) is 42.5 Å². The van der Waals surface area contributed by atoms with Gasteiger partial charge in [-0.3, -0.25) is 4.79 Å². The molecule has 31 heavy (non-hydrogen) atoms. The number of hydrogen-bond acceptors (Lipinski definition) is 4. The molecule has 0 saturated carbocycles. The second-order valence-electron chi connectivity index (χ2n) is 7.90. The lowest BCUT2D eigenvalue weighted by Crippen LogP contribution is -2.46. The Bertz CT molecular complexity index is 947. The van der Waals surface area contributed by atoms with Crippen LogP contribution in [0.1, 0.15) is 37.3 Å². The first-order valence-corrected chi connectivity index (χ1v) is 12.6. The zero-order chi connectivity index (χ0) is 22.1. The highest BCUT2D eigenvalue weighted by atomic mass is 32.2. The van der Waals surface area contributed by atoms with Crippen molar-refractivity contribution in [2.75, 3.05) is 25.4 Å². The van der Waals surface area contributed by atoms with Crippen LogP contribution in [0.25, 0.3) is 0 Å². The molecule has 1 atom stereocenters. The number of aryl methyl sites for hydroxylation is 1. The van der Waals surface area contributed by atoms with Crippen LogP contribution in [0.4, 0.5) is 0 Å². The predicted molar refractivity (Wildman–Crippen MR) is 122 cm³/mol. The van der Waals surface area contributed by atoms with Crippen molar-refractivity contribution in [2.24, 2.45) is 5.92 Å². The minimum absolute atomic E-state index is 0.0917. The Morgan fingerprint density at radius 2 is 1.90 bits per heavy atom. The van der Waals surface area contributed by atoms with Crippen LogP contribution in [0.2, 0.25) is 0 Å². The highest BCUT2D eigenvalue weighted by Crippen LogP contribution is 2.21. The second-order valence-corrected chi connectivity index (χ2v) is 9.99. The number of ether oxygens (including phenoxy) is 1. The summed E-state index contributed by atoms with van der Waals surface area (Å²) in [6, 6.07) is 17.5. The van der Waals surface area contributed by atoms with Crippen LogP contribution < -0.4 is 10.1 Å². The minimum Gasteiger partial charge on any atom is -0.494 e. The molecule has 0 aliphatic carbocycles. The van der Waals surface area contributed by atoms with Crippen LogP contribution in [0.3, 0.4) is 0 Å². The van der Waals surface area contributed by atoms with E-state index in [9.17, 15) is 13.2 Å². The molecule has 168 valence electrons. The van der Waals surface area contributed by atoms with E-state index in [0.717, 1.165) is 23.3 Å². The van der Waals surface area contributed by atoms with Gasteiger partial charge in [-0.2, -0.15) is 0 Å². The summed E-state index contributed by atoms with van der Waals surface area (Å²) in [5.41, 5.74) is 2.10. The molecule has 2 aromatic carbocycles. The zero-order valence-corrected chi connectivity index (χ0v) is 18.9. The van der Waals surface area contributed by atoms with Crippen molar-refractivity contribution in [3.05, 3.63) is 65.7 Å². The molecule has 1 N–H and O–H groups in total. The van der Waals surface area contributed by atoms with Gasteiger partial charge in [-0.25, -0.2) is 12.7 Å². The van der Waals surface area contributed by atoms with Gasteiger partial charge in [0.2, 0.25) is 15.9 Å². The minimum atomic E-state index is -3.36. The maximum Gasteiger partial charge on any atom is 0.224 e. The number of rotatable bonds is 10. The lowest BCUT2D eigenvalue weighted by Gasteiger charge is -2.31. The average molecular weight is 445 g/mol.